The lowest BCUT2D eigenvalue weighted by molar-refractivity contribution is 0.342. The normalized spacial score (nSPS) is 12.3. The van der Waals surface area contributed by atoms with Gasteiger partial charge < -0.3 is 4.74 Å². The van der Waals surface area contributed by atoms with Crippen LogP contribution in [0.3, 0.4) is 0 Å². The maximum Gasteiger partial charge on any atom is 0.203 e. The van der Waals surface area contributed by atoms with Gasteiger partial charge in [-0.15, -0.1) is 0 Å². The second-order valence-electron chi connectivity index (χ2n) is 6.83. The van der Waals surface area contributed by atoms with Crippen LogP contribution in [0.2, 0.25) is 0 Å². The summed E-state index contributed by atoms with van der Waals surface area (Å²) < 4.78 is 47.7. The Kier molecular flexibility index (Phi) is 6.04. The molecule has 1 unspecified atom stereocenters. The first kappa shape index (κ1) is 19.3. The predicted molar refractivity (Wildman–Crippen MR) is 103 cm³/mol. The molecule has 0 amide bonds. The first-order chi connectivity index (χ1) is 13.0. The maximum atomic E-state index is 14.6. The molecule has 0 bridgehead atoms. The van der Waals surface area contributed by atoms with Crippen molar-refractivity contribution in [3.8, 4) is 5.75 Å². The average molecular weight is 372 g/mol. The lowest BCUT2D eigenvalue weighted by atomic mass is 9.86. The molecule has 3 rings (SSSR count). The largest absolute Gasteiger partial charge is 0.491 e. The molecule has 27 heavy (non-hydrogen) atoms. The summed E-state index contributed by atoms with van der Waals surface area (Å²) in [5.41, 5.74) is 1.10. The van der Waals surface area contributed by atoms with Gasteiger partial charge in [-0.2, -0.15) is 4.39 Å². The van der Waals surface area contributed by atoms with Crippen LogP contribution in [-0.2, 0) is 6.42 Å². The van der Waals surface area contributed by atoms with Crippen LogP contribution in [-0.4, -0.2) is 7.11 Å². The van der Waals surface area contributed by atoms with Crippen LogP contribution < -0.4 is 4.74 Å². The summed E-state index contributed by atoms with van der Waals surface area (Å²) in [4.78, 5) is 0. The Morgan fingerprint density at radius 1 is 0.926 bits per heavy atom. The highest BCUT2D eigenvalue weighted by Gasteiger charge is 2.24. The van der Waals surface area contributed by atoms with Gasteiger partial charge in [0.05, 0.1) is 7.11 Å². The van der Waals surface area contributed by atoms with Crippen LogP contribution in [0.15, 0.2) is 48.5 Å². The third kappa shape index (κ3) is 4.10. The molecule has 142 valence electrons. The average Bonchev–Trinajstić information content (AvgIpc) is 2.68. The minimum Gasteiger partial charge on any atom is -0.491 e. The van der Waals surface area contributed by atoms with E-state index in [1.807, 2.05) is 43.3 Å². The van der Waals surface area contributed by atoms with Crippen LogP contribution >= 0.6 is 0 Å². The van der Waals surface area contributed by atoms with Crippen molar-refractivity contribution in [2.45, 2.75) is 38.5 Å². The summed E-state index contributed by atoms with van der Waals surface area (Å²) >= 11 is 0. The fourth-order valence-corrected chi connectivity index (χ4v) is 3.55. The predicted octanol–water partition coefficient (Wildman–Crippen LogP) is 6.78. The van der Waals surface area contributed by atoms with Crippen molar-refractivity contribution in [3.05, 3.63) is 77.1 Å². The van der Waals surface area contributed by atoms with E-state index in [0.29, 0.717) is 12.8 Å². The van der Waals surface area contributed by atoms with Gasteiger partial charge in [0, 0.05) is 0 Å². The van der Waals surface area contributed by atoms with Crippen molar-refractivity contribution in [1.82, 2.24) is 0 Å². The molecular formula is C23H23F3O. The number of methoxy groups -OCH3 is 1. The molecule has 0 N–H and O–H groups in total. The highest BCUT2D eigenvalue weighted by molar-refractivity contribution is 5.83. The van der Waals surface area contributed by atoms with Crippen LogP contribution in [0.25, 0.3) is 10.8 Å². The molecule has 0 aliphatic carbocycles. The number of unbranched alkanes of at least 4 members (excludes halogenated alkanes) is 1. The van der Waals surface area contributed by atoms with E-state index < -0.39 is 23.2 Å². The summed E-state index contributed by atoms with van der Waals surface area (Å²) in [7, 11) is 1.13. The fourth-order valence-electron chi connectivity index (χ4n) is 3.55. The smallest absolute Gasteiger partial charge is 0.203 e. The molecule has 0 aromatic heterocycles. The molecule has 0 saturated carbocycles. The number of hydrogen-bond acceptors (Lipinski definition) is 1. The van der Waals surface area contributed by atoms with Gasteiger partial charge in [-0.05, 0) is 46.7 Å². The van der Waals surface area contributed by atoms with Crippen LogP contribution in [0.1, 0.15) is 43.2 Å². The van der Waals surface area contributed by atoms with Crippen molar-refractivity contribution >= 4 is 10.8 Å². The maximum absolute atomic E-state index is 14.6. The van der Waals surface area contributed by atoms with Gasteiger partial charge in [0.25, 0.3) is 0 Å². The number of fused-ring (bicyclic) bond motifs is 1. The molecule has 4 heteroatoms. The van der Waals surface area contributed by atoms with E-state index in [4.69, 9.17) is 0 Å². The zero-order valence-electron chi connectivity index (χ0n) is 15.6. The highest BCUT2D eigenvalue weighted by Crippen LogP contribution is 2.35. The third-order valence-electron chi connectivity index (χ3n) is 4.99. The zero-order valence-corrected chi connectivity index (χ0v) is 15.6. The fraction of sp³-hybridized carbons (Fsp3) is 0.304. The number of benzene rings is 3. The van der Waals surface area contributed by atoms with Gasteiger partial charge in [-0.25, -0.2) is 8.78 Å². The first-order valence-corrected chi connectivity index (χ1v) is 9.24. The minimum absolute atomic E-state index is 0.0763. The molecular weight excluding hydrogens is 349 g/mol. The van der Waals surface area contributed by atoms with Gasteiger partial charge in [0.15, 0.2) is 17.4 Å². The van der Waals surface area contributed by atoms with Gasteiger partial charge in [-0.1, -0.05) is 62.2 Å². The molecule has 1 atom stereocenters. The highest BCUT2D eigenvalue weighted by atomic mass is 19.2. The summed E-state index contributed by atoms with van der Waals surface area (Å²) in [5.74, 6) is -4.12. The van der Waals surface area contributed by atoms with E-state index in [9.17, 15) is 13.2 Å². The van der Waals surface area contributed by atoms with Crippen LogP contribution in [0, 0.1) is 17.5 Å². The Morgan fingerprint density at radius 3 is 2.37 bits per heavy atom. The Morgan fingerprint density at radius 2 is 1.67 bits per heavy atom. The Balaban J connectivity index is 1.98. The second-order valence-corrected chi connectivity index (χ2v) is 6.83. The molecule has 1 nitrogen and oxygen atoms in total. The van der Waals surface area contributed by atoms with Crippen molar-refractivity contribution in [2.75, 3.05) is 7.11 Å². The number of rotatable bonds is 7. The molecule has 3 aromatic rings. The van der Waals surface area contributed by atoms with E-state index in [-0.39, 0.29) is 11.5 Å². The van der Waals surface area contributed by atoms with E-state index in [1.54, 1.807) is 0 Å². The summed E-state index contributed by atoms with van der Waals surface area (Å²) in [6.45, 7) is 2.04. The van der Waals surface area contributed by atoms with Crippen molar-refractivity contribution in [2.24, 2.45) is 0 Å². The minimum atomic E-state index is -1.26. The number of hydrogen-bond donors (Lipinski definition) is 0. The van der Waals surface area contributed by atoms with Gasteiger partial charge in [-0.3, -0.25) is 0 Å². The van der Waals surface area contributed by atoms with Gasteiger partial charge in [0.1, 0.15) is 0 Å². The summed E-state index contributed by atoms with van der Waals surface area (Å²) in [6.07, 6.45) is 2.96. The Labute approximate surface area is 157 Å². The summed E-state index contributed by atoms with van der Waals surface area (Å²) in [6, 6.07) is 15.2. The molecule has 0 radical (unpaired) electrons. The van der Waals surface area contributed by atoms with Crippen molar-refractivity contribution in [1.29, 1.82) is 0 Å². The molecule has 0 saturated heterocycles. The quantitative estimate of drug-likeness (QED) is 0.415. The van der Waals surface area contributed by atoms with Crippen molar-refractivity contribution < 1.29 is 17.9 Å². The molecule has 0 aliphatic heterocycles. The molecule has 0 heterocycles. The number of halogens is 3. The molecule has 0 spiro atoms. The third-order valence-corrected chi connectivity index (χ3v) is 4.99. The van der Waals surface area contributed by atoms with Crippen LogP contribution in [0.5, 0.6) is 5.75 Å². The standard InChI is InChI=1S/C23H23F3O/c1-3-4-7-18(19-14-20(24)23(27-2)22(26)21(19)25)13-15-10-11-16-8-5-6-9-17(16)12-15/h5-6,8-12,14,18H,3-4,7,13H2,1-2H3. The zero-order chi connectivity index (χ0) is 19.4. The van der Waals surface area contributed by atoms with Gasteiger partial charge in [0.2, 0.25) is 5.82 Å². The lowest BCUT2D eigenvalue weighted by Gasteiger charge is -2.20. The Bertz CT molecular complexity index is 936. The molecule has 3 aromatic carbocycles. The lowest BCUT2D eigenvalue weighted by Crippen LogP contribution is -2.09. The monoisotopic (exact) mass is 372 g/mol. The first-order valence-electron chi connectivity index (χ1n) is 9.24. The van der Waals surface area contributed by atoms with Crippen LogP contribution in [0.4, 0.5) is 13.2 Å². The second kappa shape index (κ2) is 8.47. The SMILES string of the molecule is CCCCC(Cc1ccc2ccccc2c1)c1cc(F)c(OC)c(F)c1F. The molecule has 0 aliphatic rings. The van der Waals surface area contributed by atoms with E-state index >= 15 is 0 Å². The summed E-state index contributed by atoms with van der Waals surface area (Å²) in [5, 5.41) is 2.22. The van der Waals surface area contributed by atoms with Crippen molar-refractivity contribution in [3.63, 3.8) is 0 Å². The Hall–Kier alpha value is -2.49. The van der Waals surface area contributed by atoms with E-state index in [2.05, 4.69) is 10.8 Å². The van der Waals surface area contributed by atoms with E-state index in [0.717, 1.165) is 42.4 Å². The topological polar surface area (TPSA) is 9.23 Å². The molecule has 0 fully saturated rings. The number of ether oxygens (including phenoxy) is 1. The van der Waals surface area contributed by atoms with Gasteiger partial charge >= 0.3 is 0 Å². The van der Waals surface area contributed by atoms with E-state index in [1.165, 1.54) is 0 Å².